The molecule has 1 amide bonds. The van der Waals surface area contributed by atoms with Crippen molar-refractivity contribution in [2.75, 3.05) is 26.2 Å². The number of halogens is 1. The highest BCUT2D eigenvalue weighted by molar-refractivity contribution is 14.0. The largest absolute Gasteiger partial charge is 0.444 e. The minimum Gasteiger partial charge on any atom is -0.444 e. The maximum absolute atomic E-state index is 12.0. The quantitative estimate of drug-likeness (QED) is 0.317. The summed E-state index contributed by atoms with van der Waals surface area (Å²) in [5.41, 5.74) is 1.84. The van der Waals surface area contributed by atoms with Gasteiger partial charge in [-0.2, -0.15) is 0 Å². The first-order valence-corrected chi connectivity index (χ1v) is 10.5. The van der Waals surface area contributed by atoms with Crippen LogP contribution in [0.2, 0.25) is 0 Å². The summed E-state index contributed by atoms with van der Waals surface area (Å²) >= 11 is 0. The maximum Gasteiger partial charge on any atom is 0.407 e. The van der Waals surface area contributed by atoms with Gasteiger partial charge < -0.3 is 25.0 Å². The molecule has 1 fully saturated rings. The highest BCUT2D eigenvalue weighted by atomic mass is 127. The first kappa shape index (κ1) is 26.5. The molecular weight excluding hydrogens is 495 g/mol. The fourth-order valence-electron chi connectivity index (χ4n) is 3.20. The molecule has 1 unspecified atom stereocenters. The van der Waals surface area contributed by atoms with Gasteiger partial charge in [0.25, 0.3) is 0 Å². The van der Waals surface area contributed by atoms with E-state index in [1.807, 2.05) is 39.8 Å². The average molecular weight is 532 g/mol. The van der Waals surface area contributed by atoms with Gasteiger partial charge in [0.05, 0.1) is 19.2 Å². The van der Waals surface area contributed by atoms with Crippen LogP contribution in [-0.4, -0.2) is 54.8 Å². The lowest BCUT2D eigenvalue weighted by Crippen LogP contribution is -2.44. The predicted molar refractivity (Wildman–Crippen MR) is 131 cm³/mol. The number of carbonyl (C=O) groups is 1. The molecule has 2 N–H and O–H groups in total. The number of carbonyl (C=O) groups excluding carboxylic acids is 1. The zero-order valence-electron chi connectivity index (χ0n) is 18.9. The van der Waals surface area contributed by atoms with E-state index in [2.05, 4.69) is 34.6 Å². The van der Waals surface area contributed by atoms with E-state index in [-0.39, 0.29) is 36.1 Å². The Morgan fingerprint density at radius 1 is 1.23 bits per heavy atom. The van der Waals surface area contributed by atoms with Crippen LogP contribution in [0.5, 0.6) is 0 Å². The third-order valence-corrected chi connectivity index (χ3v) is 4.52. The van der Waals surface area contributed by atoms with Gasteiger partial charge in [-0.3, -0.25) is 0 Å². The van der Waals surface area contributed by atoms with Crippen LogP contribution in [0.3, 0.4) is 0 Å². The average Bonchev–Trinajstić information content (AvgIpc) is 3.10. The van der Waals surface area contributed by atoms with Gasteiger partial charge in [0.15, 0.2) is 5.96 Å². The summed E-state index contributed by atoms with van der Waals surface area (Å²) in [6.07, 6.45) is 0.501. The number of nitrogens with zero attached hydrogens (tertiary/aromatic N) is 2. The Morgan fingerprint density at radius 2 is 1.93 bits per heavy atom. The Hall–Kier alpha value is -1.55. The number of amides is 1. The highest BCUT2D eigenvalue weighted by Gasteiger charge is 2.27. The fourth-order valence-corrected chi connectivity index (χ4v) is 3.20. The van der Waals surface area contributed by atoms with Crippen molar-refractivity contribution in [2.45, 2.75) is 65.8 Å². The molecule has 0 aliphatic carbocycles. The van der Waals surface area contributed by atoms with E-state index in [9.17, 15) is 4.79 Å². The molecule has 0 saturated carbocycles. The number of benzene rings is 1. The second kappa shape index (κ2) is 13.0. The van der Waals surface area contributed by atoms with Gasteiger partial charge in [0.1, 0.15) is 5.60 Å². The number of alkyl carbamates (subject to hydrolysis) is 1. The van der Waals surface area contributed by atoms with E-state index in [0.29, 0.717) is 26.3 Å². The molecule has 30 heavy (non-hydrogen) atoms. The summed E-state index contributed by atoms with van der Waals surface area (Å²) in [7, 11) is 0. The topological polar surface area (TPSA) is 75.2 Å². The number of nitrogens with one attached hydrogen (secondary N) is 2. The van der Waals surface area contributed by atoms with Gasteiger partial charge in [-0.25, -0.2) is 9.79 Å². The first-order valence-electron chi connectivity index (χ1n) is 10.5. The van der Waals surface area contributed by atoms with Crippen molar-refractivity contribution in [3.05, 3.63) is 35.4 Å². The molecule has 1 atom stereocenters. The minimum absolute atomic E-state index is 0. The number of hydrogen-bond donors (Lipinski definition) is 2. The van der Waals surface area contributed by atoms with Crippen molar-refractivity contribution >= 4 is 36.0 Å². The molecule has 1 aliphatic heterocycles. The fraction of sp³-hybridized carbons (Fsp3) is 0.636. The Bertz CT molecular complexity index is 691. The lowest BCUT2D eigenvalue weighted by Gasteiger charge is -2.23. The standard InChI is InChI=1S/C22H36N4O3.HI/c1-6-23-20(24-14-17-10-8-9-11-18(17)16-28-7-2)26-13-12-19(15-26)25-21(27)29-22(3,4)5;/h8-11,19H,6-7,12-16H2,1-5H3,(H,23,24)(H,25,27);1H. The van der Waals surface area contributed by atoms with Crippen LogP contribution in [0.25, 0.3) is 0 Å². The number of guanidine groups is 1. The van der Waals surface area contributed by atoms with E-state index in [1.165, 1.54) is 11.1 Å². The van der Waals surface area contributed by atoms with Gasteiger partial charge in [-0.1, -0.05) is 24.3 Å². The Morgan fingerprint density at radius 3 is 2.57 bits per heavy atom. The van der Waals surface area contributed by atoms with Gasteiger partial charge in [0, 0.05) is 26.2 Å². The van der Waals surface area contributed by atoms with Crippen molar-refractivity contribution in [3.8, 4) is 0 Å². The molecule has 1 aromatic carbocycles. The first-order chi connectivity index (χ1) is 13.8. The molecule has 2 rings (SSSR count). The van der Waals surface area contributed by atoms with Crippen molar-refractivity contribution in [3.63, 3.8) is 0 Å². The molecular formula is C22H37IN4O3. The predicted octanol–water partition coefficient (Wildman–Crippen LogP) is 3.91. The third kappa shape index (κ3) is 9.07. The Kier molecular flexibility index (Phi) is 11.5. The van der Waals surface area contributed by atoms with Crippen LogP contribution in [0, 0.1) is 0 Å². The molecule has 0 radical (unpaired) electrons. The molecule has 1 aliphatic rings. The normalized spacial score (nSPS) is 16.8. The van der Waals surface area contributed by atoms with Gasteiger partial charge in [-0.15, -0.1) is 24.0 Å². The molecule has 1 aromatic rings. The van der Waals surface area contributed by atoms with E-state index in [4.69, 9.17) is 14.5 Å². The van der Waals surface area contributed by atoms with Crippen LogP contribution in [-0.2, 0) is 22.6 Å². The minimum atomic E-state index is -0.492. The van der Waals surface area contributed by atoms with Crippen molar-refractivity contribution in [1.82, 2.24) is 15.5 Å². The summed E-state index contributed by atoms with van der Waals surface area (Å²) < 4.78 is 10.9. The smallest absolute Gasteiger partial charge is 0.407 e. The van der Waals surface area contributed by atoms with E-state index >= 15 is 0 Å². The second-order valence-electron chi connectivity index (χ2n) is 8.15. The van der Waals surface area contributed by atoms with Crippen molar-refractivity contribution < 1.29 is 14.3 Å². The van der Waals surface area contributed by atoms with E-state index in [1.54, 1.807) is 0 Å². The molecule has 8 heteroatoms. The van der Waals surface area contributed by atoms with Gasteiger partial charge in [0.2, 0.25) is 0 Å². The summed E-state index contributed by atoms with van der Waals surface area (Å²) in [5, 5.41) is 6.34. The monoisotopic (exact) mass is 532 g/mol. The summed E-state index contributed by atoms with van der Waals surface area (Å²) in [6, 6.07) is 8.30. The maximum atomic E-state index is 12.0. The molecule has 0 aromatic heterocycles. The van der Waals surface area contributed by atoms with Crippen molar-refractivity contribution in [2.24, 2.45) is 4.99 Å². The number of ether oxygens (including phenoxy) is 2. The number of aliphatic imine (C=N–C) groups is 1. The zero-order chi connectivity index (χ0) is 21.3. The molecule has 0 bridgehead atoms. The van der Waals surface area contributed by atoms with Crippen LogP contribution >= 0.6 is 24.0 Å². The van der Waals surface area contributed by atoms with Gasteiger partial charge in [-0.05, 0) is 52.2 Å². The number of likely N-dealkylation sites (tertiary alicyclic amines) is 1. The number of rotatable bonds is 7. The molecule has 170 valence electrons. The highest BCUT2D eigenvalue weighted by Crippen LogP contribution is 2.14. The molecule has 0 spiro atoms. The Labute approximate surface area is 198 Å². The lowest BCUT2D eigenvalue weighted by atomic mass is 10.1. The van der Waals surface area contributed by atoms with Crippen LogP contribution in [0.4, 0.5) is 4.79 Å². The molecule has 1 saturated heterocycles. The lowest BCUT2D eigenvalue weighted by molar-refractivity contribution is 0.0507. The van der Waals surface area contributed by atoms with Crippen LogP contribution in [0.15, 0.2) is 29.3 Å². The molecule has 7 nitrogen and oxygen atoms in total. The summed E-state index contributed by atoms with van der Waals surface area (Å²) in [5.74, 6) is 0.868. The van der Waals surface area contributed by atoms with Crippen LogP contribution < -0.4 is 10.6 Å². The van der Waals surface area contributed by atoms with Crippen molar-refractivity contribution in [1.29, 1.82) is 0 Å². The van der Waals surface area contributed by atoms with Gasteiger partial charge >= 0.3 is 6.09 Å². The summed E-state index contributed by atoms with van der Waals surface area (Å²) in [6.45, 7) is 13.9. The Balaban J connectivity index is 0.00000450. The second-order valence-corrected chi connectivity index (χ2v) is 8.15. The van der Waals surface area contributed by atoms with E-state index < -0.39 is 5.60 Å². The third-order valence-electron chi connectivity index (χ3n) is 4.52. The van der Waals surface area contributed by atoms with Crippen LogP contribution in [0.1, 0.15) is 52.2 Å². The zero-order valence-corrected chi connectivity index (χ0v) is 21.2. The SMILES string of the molecule is CCNC(=NCc1ccccc1COCC)N1CCC(NC(=O)OC(C)(C)C)C1.I. The molecule has 1 heterocycles. The number of hydrogen-bond acceptors (Lipinski definition) is 4. The summed E-state index contributed by atoms with van der Waals surface area (Å²) in [4.78, 5) is 19.1. The van der Waals surface area contributed by atoms with E-state index in [0.717, 1.165) is 25.5 Å².